The van der Waals surface area contributed by atoms with Gasteiger partial charge in [0.15, 0.2) is 5.96 Å². The van der Waals surface area contributed by atoms with Crippen LogP contribution in [0, 0.1) is 23.2 Å². The van der Waals surface area contributed by atoms with Crippen LogP contribution < -0.4 is 15.5 Å². The van der Waals surface area contributed by atoms with Gasteiger partial charge in [-0.05, 0) is 86.8 Å². The van der Waals surface area contributed by atoms with Crippen LogP contribution in [0.1, 0.15) is 63.4 Å². The van der Waals surface area contributed by atoms with Gasteiger partial charge in [-0.25, -0.2) is 9.59 Å². The molecule has 4 bridgehead atoms. The minimum atomic E-state index is -1.25. The number of aliphatic hydroxyl groups is 1. The van der Waals surface area contributed by atoms with Gasteiger partial charge < -0.3 is 20.3 Å². The van der Waals surface area contributed by atoms with E-state index in [9.17, 15) is 24.6 Å². The molecule has 1 aliphatic heterocycles. The summed E-state index contributed by atoms with van der Waals surface area (Å²) >= 11 is 0. The molecule has 0 spiro atoms. The first-order valence-corrected chi connectivity index (χ1v) is 14.3. The minimum absolute atomic E-state index is 0.00885. The summed E-state index contributed by atoms with van der Waals surface area (Å²) in [5.41, 5.74) is 1.28. The molecule has 2 amide bonds. The van der Waals surface area contributed by atoms with Gasteiger partial charge in [0.2, 0.25) is 5.91 Å². The zero-order chi connectivity index (χ0) is 27.4. The van der Waals surface area contributed by atoms with Crippen LogP contribution in [0.3, 0.4) is 0 Å². The Morgan fingerprint density at radius 3 is 2.33 bits per heavy atom. The van der Waals surface area contributed by atoms with Crippen molar-refractivity contribution in [3.05, 3.63) is 29.8 Å². The average Bonchev–Trinajstić information content (AvgIpc) is 2.91. The fourth-order valence-electron chi connectivity index (χ4n) is 7.54. The van der Waals surface area contributed by atoms with Gasteiger partial charge in [0.1, 0.15) is 6.04 Å². The molecule has 0 radical (unpaired) electrons. The van der Waals surface area contributed by atoms with Crippen LogP contribution in [-0.2, 0) is 20.7 Å². The van der Waals surface area contributed by atoms with Crippen LogP contribution in [0.5, 0.6) is 0 Å². The predicted molar refractivity (Wildman–Crippen MR) is 145 cm³/mol. The molecule has 4 N–H and O–H groups in total. The van der Waals surface area contributed by atoms with Gasteiger partial charge >= 0.3 is 12.1 Å². The molecule has 212 valence electrons. The highest BCUT2D eigenvalue weighted by atomic mass is 16.6. The first-order valence-electron chi connectivity index (χ1n) is 14.3. The van der Waals surface area contributed by atoms with Crippen molar-refractivity contribution in [3.8, 4) is 0 Å². The van der Waals surface area contributed by atoms with E-state index in [-0.39, 0.29) is 30.8 Å². The average molecular weight is 541 g/mol. The van der Waals surface area contributed by atoms with E-state index in [1.54, 1.807) is 24.3 Å². The van der Waals surface area contributed by atoms with Crippen LogP contribution >= 0.6 is 0 Å². The van der Waals surface area contributed by atoms with Gasteiger partial charge in [-0.3, -0.25) is 20.0 Å². The lowest BCUT2D eigenvalue weighted by molar-refractivity contribution is -0.139. The van der Waals surface area contributed by atoms with E-state index < -0.39 is 18.1 Å². The first-order chi connectivity index (χ1) is 18.8. The second-order valence-electron chi connectivity index (χ2n) is 11.9. The standard InChI is InChI=1S/C29H40N4O6/c34-11-8-24(26(36)37)33(28(38)39-18-29-15-20-12-21(16-29)14-22(13-20)17-29)23-5-2-19(3-6-23)4-7-25(35)32-27-30-9-1-10-31-27/h2-3,5-6,20-22,24,34H,1,4,7-18H2,(H,36,37)(H2,30,31,32,35)/t20?,21?,22?,24-,29?/m0/s1. The molecule has 4 aliphatic carbocycles. The van der Waals surface area contributed by atoms with Gasteiger partial charge in [0.05, 0.1) is 6.61 Å². The van der Waals surface area contributed by atoms with Crippen LogP contribution in [0.25, 0.3) is 0 Å². The Bertz CT molecular complexity index is 1050. The number of aryl methyl sites for hydroxylation is 1. The number of aliphatic carboxylic acids is 1. The van der Waals surface area contributed by atoms with E-state index in [4.69, 9.17) is 4.74 Å². The molecule has 1 aromatic rings. The van der Waals surface area contributed by atoms with Gasteiger partial charge in [-0.15, -0.1) is 0 Å². The Hall–Kier alpha value is -3.14. The fraction of sp³-hybridized carbons (Fsp3) is 0.655. The Labute approximate surface area is 229 Å². The molecule has 10 heteroatoms. The third-order valence-electron chi connectivity index (χ3n) is 8.87. The molecule has 0 unspecified atom stereocenters. The smallest absolute Gasteiger partial charge is 0.415 e. The maximum absolute atomic E-state index is 13.4. The third-order valence-corrected chi connectivity index (χ3v) is 8.87. The number of benzene rings is 1. The maximum Gasteiger partial charge on any atom is 0.415 e. The van der Waals surface area contributed by atoms with Crippen molar-refractivity contribution < 1.29 is 29.3 Å². The van der Waals surface area contributed by atoms with Crippen molar-refractivity contribution in [2.75, 3.05) is 31.2 Å². The molecule has 10 nitrogen and oxygen atoms in total. The van der Waals surface area contributed by atoms with Crippen molar-refractivity contribution in [1.82, 2.24) is 10.6 Å². The number of amides is 2. The van der Waals surface area contributed by atoms with Gasteiger partial charge in [0, 0.05) is 43.6 Å². The van der Waals surface area contributed by atoms with E-state index >= 15 is 0 Å². The highest BCUT2D eigenvalue weighted by Crippen LogP contribution is 2.60. The lowest BCUT2D eigenvalue weighted by Crippen LogP contribution is -2.50. The van der Waals surface area contributed by atoms with Gasteiger partial charge in [-0.2, -0.15) is 0 Å². The summed E-state index contributed by atoms with van der Waals surface area (Å²) in [6.07, 6.45) is 7.99. The normalized spacial score (nSPS) is 27.7. The summed E-state index contributed by atoms with van der Waals surface area (Å²) in [6, 6.07) is 5.68. The van der Waals surface area contributed by atoms with E-state index in [2.05, 4.69) is 15.6 Å². The summed E-state index contributed by atoms with van der Waals surface area (Å²) < 4.78 is 5.87. The van der Waals surface area contributed by atoms with Crippen LogP contribution in [0.4, 0.5) is 10.5 Å². The number of carbonyl (C=O) groups is 3. The number of aliphatic imine (C=N–C) groups is 1. The van der Waals surface area contributed by atoms with Crippen molar-refractivity contribution in [2.45, 2.75) is 70.3 Å². The number of nitrogens with zero attached hydrogens (tertiary/aromatic N) is 2. The number of rotatable bonds is 10. The Kier molecular flexibility index (Phi) is 8.40. The zero-order valence-electron chi connectivity index (χ0n) is 22.4. The molecule has 6 rings (SSSR count). The molecule has 0 aromatic heterocycles. The SMILES string of the molecule is O=C(CCc1ccc(N(C(=O)OCC23CC4CC(CC(C4)C2)C3)[C@@H](CCO)C(=O)O)cc1)NC1=NCCCN1. The number of hydrogen-bond donors (Lipinski definition) is 4. The summed E-state index contributed by atoms with van der Waals surface area (Å²) in [7, 11) is 0. The molecule has 1 atom stereocenters. The minimum Gasteiger partial charge on any atom is -0.480 e. The zero-order valence-corrected chi connectivity index (χ0v) is 22.4. The van der Waals surface area contributed by atoms with Gasteiger partial charge in [0.25, 0.3) is 0 Å². The number of guanidine groups is 1. The van der Waals surface area contributed by atoms with E-state index in [1.807, 2.05) is 0 Å². The van der Waals surface area contributed by atoms with Gasteiger partial charge in [-0.1, -0.05) is 12.1 Å². The number of nitrogens with one attached hydrogen (secondary N) is 2. The van der Waals surface area contributed by atoms with E-state index in [0.29, 0.717) is 49.0 Å². The molecule has 4 saturated carbocycles. The number of hydrogen-bond acceptors (Lipinski definition) is 7. The number of ether oxygens (including phenoxy) is 1. The van der Waals surface area contributed by atoms with E-state index in [0.717, 1.165) is 42.7 Å². The van der Waals surface area contributed by atoms with Crippen LogP contribution in [0.15, 0.2) is 29.3 Å². The molecule has 1 aromatic carbocycles. The monoisotopic (exact) mass is 540 g/mol. The quantitative estimate of drug-likeness (QED) is 0.357. The molecule has 4 fully saturated rings. The van der Waals surface area contributed by atoms with Crippen molar-refractivity contribution in [2.24, 2.45) is 28.2 Å². The summed E-state index contributed by atoms with van der Waals surface area (Å²) in [5.74, 6) is 1.32. The van der Waals surface area contributed by atoms with E-state index in [1.165, 1.54) is 19.3 Å². The number of carboxylic acids is 1. The van der Waals surface area contributed by atoms with Crippen molar-refractivity contribution in [3.63, 3.8) is 0 Å². The van der Waals surface area contributed by atoms with Crippen LogP contribution in [-0.4, -0.2) is 66.5 Å². The summed E-state index contributed by atoms with van der Waals surface area (Å²) in [6.45, 7) is 1.42. The molecular weight excluding hydrogens is 500 g/mol. The van der Waals surface area contributed by atoms with Crippen molar-refractivity contribution in [1.29, 1.82) is 0 Å². The maximum atomic E-state index is 13.4. The molecule has 5 aliphatic rings. The summed E-state index contributed by atoms with van der Waals surface area (Å²) in [5, 5.41) is 25.3. The lowest BCUT2D eigenvalue weighted by Gasteiger charge is -2.56. The largest absolute Gasteiger partial charge is 0.480 e. The Morgan fingerprint density at radius 1 is 1.10 bits per heavy atom. The number of carboxylic acid groups (broad SMARTS) is 1. The number of anilines is 1. The number of carbonyl (C=O) groups excluding carboxylic acids is 2. The topological polar surface area (TPSA) is 141 Å². The number of aliphatic hydroxyl groups excluding tert-OH is 1. The highest BCUT2D eigenvalue weighted by molar-refractivity contribution is 5.97. The second-order valence-corrected chi connectivity index (χ2v) is 11.9. The predicted octanol–water partition coefficient (Wildman–Crippen LogP) is 3.08. The molecular formula is C29H40N4O6. The third kappa shape index (κ3) is 6.54. The van der Waals surface area contributed by atoms with Crippen LogP contribution in [0.2, 0.25) is 0 Å². The Balaban J connectivity index is 1.24. The highest BCUT2D eigenvalue weighted by Gasteiger charge is 2.51. The van der Waals surface area contributed by atoms with Crippen molar-refractivity contribution >= 4 is 29.6 Å². The first kappa shape index (κ1) is 27.4. The molecule has 0 saturated heterocycles. The molecule has 1 heterocycles. The lowest BCUT2D eigenvalue weighted by atomic mass is 9.50. The summed E-state index contributed by atoms with van der Waals surface area (Å²) in [4.78, 5) is 43.3. The second kappa shape index (κ2) is 11.9. The fourth-order valence-corrected chi connectivity index (χ4v) is 7.54. The molecule has 39 heavy (non-hydrogen) atoms. The Morgan fingerprint density at radius 2 is 1.77 bits per heavy atom.